The summed E-state index contributed by atoms with van der Waals surface area (Å²) < 4.78 is 0. The Bertz CT molecular complexity index is 467. The highest BCUT2D eigenvalue weighted by atomic mass is 35.5. The van der Waals surface area contributed by atoms with E-state index in [1.165, 1.54) is 0 Å². The normalized spacial score (nSPS) is 9.86. The molecule has 6 heteroatoms. The molecule has 2 aromatic rings. The largest absolute Gasteiger partial charge is 0.384 e. The smallest absolute Gasteiger partial charge is 0.164 e. The summed E-state index contributed by atoms with van der Waals surface area (Å²) in [7, 11) is 0. The van der Waals surface area contributed by atoms with Gasteiger partial charge in [0.2, 0.25) is 0 Å². The summed E-state index contributed by atoms with van der Waals surface area (Å²) in [5.41, 5.74) is 5.96. The third-order valence-electron chi connectivity index (χ3n) is 1.61. The van der Waals surface area contributed by atoms with Gasteiger partial charge >= 0.3 is 0 Å². The summed E-state index contributed by atoms with van der Waals surface area (Å²) in [5, 5.41) is 1.60. The first kappa shape index (κ1) is 11.3. The van der Waals surface area contributed by atoms with E-state index in [2.05, 4.69) is 9.97 Å². The predicted molar refractivity (Wildman–Crippen MR) is 61.2 cm³/mol. The molecule has 0 saturated heterocycles. The number of anilines is 1. The fraction of sp³-hybridized carbons (Fsp3) is 0. The van der Waals surface area contributed by atoms with Crippen LogP contribution >= 0.6 is 35.6 Å². The van der Waals surface area contributed by atoms with Gasteiger partial charge in [-0.3, -0.25) is 0 Å². The molecule has 0 atom stereocenters. The Morgan fingerprint density at radius 2 is 1.86 bits per heavy atom. The minimum Gasteiger partial charge on any atom is -0.384 e. The molecule has 0 aliphatic carbocycles. The second kappa shape index (κ2) is 4.17. The Hall–Kier alpha value is -0.770. The van der Waals surface area contributed by atoms with E-state index in [1.807, 2.05) is 0 Å². The van der Waals surface area contributed by atoms with E-state index < -0.39 is 0 Å². The summed E-state index contributed by atoms with van der Waals surface area (Å²) in [6.45, 7) is 0. The van der Waals surface area contributed by atoms with Gasteiger partial charge in [0.15, 0.2) is 5.65 Å². The monoisotopic (exact) mass is 249 g/mol. The predicted octanol–water partition coefficient (Wildman–Crippen LogP) is 2.94. The summed E-state index contributed by atoms with van der Waals surface area (Å²) >= 11 is 11.6. The van der Waals surface area contributed by atoms with Crippen LogP contribution in [0.5, 0.6) is 0 Å². The quantitative estimate of drug-likeness (QED) is 0.731. The number of pyridine rings is 2. The maximum Gasteiger partial charge on any atom is 0.164 e. The van der Waals surface area contributed by atoms with Gasteiger partial charge in [0.1, 0.15) is 11.0 Å². The molecule has 0 aliphatic heterocycles. The van der Waals surface area contributed by atoms with Crippen molar-refractivity contribution >= 4 is 52.5 Å². The minimum absolute atomic E-state index is 0. The number of hydrogen-bond acceptors (Lipinski definition) is 3. The van der Waals surface area contributed by atoms with Crippen LogP contribution in [-0.4, -0.2) is 9.97 Å². The molecule has 0 aliphatic rings. The molecular weight excluding hydrogens is 244 g/mol. The third-order valence-corrected chi connectivity index (χ3v) is 2.12. The number of rotatable bonds is 0. The standard InChI is InChI=1S/C8H5Cl2N3.ClH/c9-5-3-6(10)12-8-4(5)1-2-7(11)13-8;/h1-3H,(H2,11,12,13);1H. The highest BCUT2D eigenvalue weighted by molar-refractivity contribution is 6.37. The van der Waals surface area contributed by atoms with Gasteiger partial charge in [-0.1, -0.05) is 23.2 Å². The van der Waals surface area contributed by atoms with Crippen molar-refractivity contribution in [3.8, 4) is 0 Å². The van der Waals surface area contributed by atoms with Crippen molar-refractivity contribution in [1.29, 1.82) is 0 Å². The van der Waals surface area contributed by atoms with Gasteiger partial charge in [-0.05, 0) is 18.2 Å². The molecule has 2 aromatic heterocycles. The fourth-order valence-electron chi connectivity index (χ4n) is 1.05. The molecule has 0 bridgehead atoms. The molecule has 2 rings (SSSR count). The van der Waals surface area contributed by atoms with Crippen LogP contribution in [0, 0.1) is 0 Å². The van der Waals surface area contributed by atoms with Crippen molar-refractivity contribution in [2.24, 2.45) is 0 Å². The minimum atomic E-state index is 0. The molecule has 0 spiro atoms. The molecule has 0 radical (unpaired) electrons. The summed E-state index contributed by atoms with van der Waals surface area (Å²) in [6, 6.07) is 5.01. The number of halogens is 3. The average Bonchev–Trinajstić information content (AvgIpc) is 2.02. The Kier molecular flexibility index (Phi) is 3.37. The summed E-state index contributed by atoms with van der Waals surface area (Å²) in [4.78, 5) is 7.98. The van der Waals surface area contributed by atoms with E-state index >= 15 is 0 Å². The Labute approximate surface area is 96.7 Å². The molecule has 0 fully saturated rings. The van der Waals surface area contributed by atoms with Crippen molar-refractivity contribution in [3.63, 3.8) is 0 Å². The SMILES string of the molecule is Cl.Nc1ccc2c(Cl)cc(Cl)nc2n1. The second-order valence-corrected chi connectivity index (χ2v) is 3.33. The van der Waals surface area contributed by atoms with Crippen molar-refractivity contribution in [1.82, 2.24) is 9.97 Å². The zero-order valence-corrected chi connectivity index (χ0v) is 9.20. The van der Waals surface area contributed by atoms with Gasteiger partial charge in [0, 0.05) is 5.39 Å². The number of hydrogen-bond donors (Lipinski definition) is 1. The van der Waals surface area contributed by atoms with E-state index in [9.17, 15) is 0 Å². The molecule has 2 heterocycles. The van der Waals surface area contributed by atoms with Crippen molar-refractivity contribution in [2.45, 2.75) is 0 Å². The number of aromatic nitrogens is 2. The van der Waals surface area contributed by atoms with Gasteiger partial charge in [-0.2, -0.15) is 0 Å². The van der Waals surface area contributed by atoms with Crippen LogP contribution in [-0.2, 0) is 0 Å². The maximum atomic E-state index is 5.91. The lowest BCUT2D eigenvalue weighted by Crippen LogP contribution is -1.92. The number of fused-ring (bicyclic) bond motifs is 1. The second-order valence-electron chi connectivity index (χ2n) is 2.53. The van der Waals surface area contributed by atoms with Crippen LogP contribution < -0.4 is 5.73 Å². The highest BCUT2D eigenvalue weighted by Gasteiger charge is 2.03. The topological polar surface area (TPSA) is 51.8 Å². The van der Waals surface area contributed by atoms with Gasteiger partial charge in [-0.15, -0.1) is 12.4 Å². The first-order valence-corrected chi connectivity index (χ1v) is 4.31. The van der Waals surface area contributed by atoms with Gasteiger partial charge < -0.3 is 5.73 Å². The average molecular weight is 251 g/mol. The van der Waals surface area contributed by atoms with E-state index in [0.717, 1.165) is 5.39 Å². The van der Waals surface area contributed by atoms with E-state index in [1.54, 1.807) is 18.2 Å². The summed E-state index contributed by atoms with van der Waals surface area (Å²) in [5.74, 6) is 0.401. The van der Waals surface area contributed by atoms with E-state index in [4.69, 9.17) is 28.9 Å². The molecule has 2 N–H and O–H groups in total. The van der Waals surface area contributed by atoms with E-state index in [-0.39, 0.29) is 12.4 Å². The van der Waals surface area contributed by atoms with E-state index in [0.29, 0.717) is 21.6 Å². The van der Waals surface area contributed by atoms with Crippen molar-refractivity contribution in [2.75, 3.05) is 5.73 Å². The first-order chi connectivity index (χ1) is 6.16. The molecule has 14 heavy (non-hydrogen) atoms. The summed E-state index contributed by atoms with van der Waals surface area (Å²) in [6.07, 6.45) is 0. The Balaban J connectivity index is 0.000000980. The molecule has 3 nitrogen and oxygen atoms in total. The lowest BCUT2D eigenvalue weighted by atomic mass is 10.3. The Morgan fingerprint density at radius 3 is 2.57 bits per heavy atom. The van der Waals surface area contributed by atoms with Crippen molar-refractivity contribution < 1.29 is 0 Å². The van der Waals surface area contributed by atoms with Gasteiger partial charge in [-0.25, -0.2) is 9.97 Å². The van der Waals surface area contributed by atoms with Gasteiger partial charge in [0.05, 0.1) is 5.02 Å². The number of nitrogens with zero attached hydrogens (tertiary/aromatic N) is 2. The molecule has 0 amide bonds. The van der Waals surface area contributed by atoms with Crippen LogP contribution in [0.2, 0.25) is 10.2 Å². The fourth-order valence-corrected chi connectivity index (χ4v) is 1.55. The lowest BCUT2D eigenvalue weighted by molar-refractivity contribution is 1.29. The zero-order chi connectivity index (χ0) is 9.42. The molecule has 0 aromatic carbocycles. The maximum absolute atomic E-state index is 5.91. The molecule has 74 valence electrons. The molecule has 0 saturated carbocycles. The highest BCUT2D eigenvalue weighted by Crippen LogP contribution is 2.24. The lowest BCUT2D eigenvalue weighted by Gasteiger charge is -2.00. The molecule has 0 unspecified atom stereocenters. The van der Waals surface area contributed by atoms with Crippen LogP contribution in [0.3, 0.4) is 0 Å². The zero-order valence-electron chi connectivity index (χ0n) is 6.87. The Morgan fingerprint density at radius 1 is 1.14 bits per heavy atom. The van der Waals surface area contributed by atoms with Crippen LogP contribution in [0.1, 0.15) is 0 Å². The first-order valence-electron chi connectivity index (χ1n) is 3.55. The number of nitrogen functional groups attached to an aromatic ring is 1. The molecular formula is C8H6Cl3N3. The van der Waals surface area contributed by atoms with Crippen LogP contribution in [0.4, 0.5) is 5.82 Å². The number of nitrogens with two attached hydrogens (primary N) is 1. The van der Waals surface area contributed by atoms with Crippen LogP contribution in [0.25, 0.3) is 11.0 Å². The third kappa shape index (κ3) is 2.00. The van der Waals surface area contributed by atoms with Crippen molar-refractivity contribution in [3.05, 3.63) is 28.4 Å². The van der Waals surface area contributed by atoms with Gasteiger partial charge in [0.25, 0.3) is 0 Å². The van der Waals surface area contributed by atoms with Crippen LogP contribution in [0.15, 0.2) is 18.2 Å².